The van der Waals surface area contributed by atoms with Gasteiger partial charge < -0.3 is 22.1 Å². The molecule has 0 saturated carbocycles. The van der Waals surface area contributed by atoms with E-state index in [4.69, 9.17) is 34.7 Å². The summed E-state index contributed by atoms with van der Waals surface area (Å²) in [5.74, 6) is 2.58. The van der Waals surface area contributed by atoms with Crippen LogP contribution in [0.2, 0.25) is 10.0 Å². The molecule has 2 aromatic carbocycles. The number of fused-ring (bicyclic) bond motifs is 2. The van der Waals surface area contributed by atoms with Gasteiger partial charge in [0.05, 0.1) is 20.3 Å². The number of nitrogen functional groups attached to an aromatic ring is 2. The highest BCUT2D eigenvalue weighted by Gasteiger charge is 2.27. The van der Waals surface area contributed by atoms with Gasteiger partial charge >= 0.3 is 0 Å². The second-order valence-corrected chi connectivity index (χ2v) is 13.8. The molecule has 2 aliphatic rings. The van der Waals surface area contributed by atoms with Crippen LogP contribution in [0.15, 0.2) is 52.7 Å². The Hall–Kier alpha value is -2.34. The van der Waals surface area contributed by atoms with E-state index in [1.807, 2.05) is 11.8 Å². The Kier molecular flexibility index (Phi) is 8.47. The molecule has 4 aromatic rings. The summed E-state index contributed by atoms with van der Waals surface area (Å²) in [5.41, 5.74) is 16.8. The Morgan fingerprint density at radius 1 is 0.737 bits per heavy atom. The highest BCUT2D eigenvalue weighted by atomic mass is 35.5. The van der Waals surface area contributed by atoms with Crippen LogP contribution < -0.4 is 22.1 Å². The van der Waals surface area contributed by atoms with Crippen molar-refractivity contribution >= 4 is 103 Å². The first-order chi connectivity index (χ1) is 18.3. The Balaban J connectivity index is 0.000000155. The minimum absolute atomic E-state index is 0.139. The first-order valence-corrected chi connectivity index (χ1v) is 16.0. The molecule has 0 saturated heterocycles. The molecule has 196 valence electrons. The maximum atomic E-state index is 12.3. The molecule has 6 N–H and O–H groups in total. The van der Waals surface area contributed by atoms with Crippen molar-refractivity contribution in [2.45, 2.75) is 22.1 Å². The number of nitrogens with two attached hydrogens (primary N) is 2. The topological polar surface area (TPSA) is 110 Å². The van der Waals surface area contributed by atoms with Crippen LogP contribution in [0.5, 0.6) is 0 Å². The van der Waals surface area contributed by atoms with Crippen molar-refractivity contribution < 1.29 is 9.59 Å². The second-order valence-electron chi connectivity index (χ2n) is 8.36. The van der Waals surface area contributed by atoms with Gasteiger partial charge in [-0.2, -0.15) is 11.8 Å². The van der Waals surface area contributed by atoms with Gasteiger partial charge in [0, 0.05) is 43.6 Å². The number of hydrogen-bond donors (Lipinski definition) is 4. The molecule has 0 aliphatic carbocycles. The highest BCUT2D eigenvalue weighted by molar-refractivity contribution is 8.01. The number of rotatable bonds is 4. The van der Waals surface area contributed by atoms with E-state index in [0.717, 1.165) is 46.2 Å². The van der Waals surface area contributed by atoms with Crippen LogP contribution in [-0.2, 0) is 17.9 Å². The average Bonchev–Trinajstić information content (AvgIpc) is 3.64. The molecule has 6 rings (SSSR count). The monoisotopic (exact) mass is 620 g/mol. The lowest BCUT2D eigenvalue weighted by Gasteiger charge is -2.06. The number of thiophene rings is 2. The molecule has 0 radical (unpaired) electrons. The van der Waals surface area contributed by atoms with Gasteiger partial charge in [0.2, 0.25) is 0 Å². The number of nitrogens with one attached hydrogen (secondary N) is 2. The van der Waals surface area contributed by atoms with E-state index < -0.39 is 0 Å². The van der Waals surface area contributed by atoms with Crippen LogP contribution in [0.3, 0.4) is 0 Å². The van der Waals surface area contributed by atoms with Gasteiger partial charge in [-0.15, -0.1) is 34.4 Å². The number of thioether (sulfide) groups is 2. The smallest absolute Gasteiger partial charge is 0.258 e. The van der Waals surface area contributed by atoms with Crippen LogP contribution >= 0.6 is 69.4 Å². The van der Waals surface area contributed by atoms with Gasteiger partial charge in [-0.05, 0) is 66.1 Å². The first-order valence-electron chi connectivity index (χ1n) is 11.5. The number of carbonyl (C=O) groups excluding carboxylic acids is 2. The van der Waals surface area contributed by atoms with Gasteiger partial charge in [0.15, 0.2) is 0 Å². The SMILES string of the molecule is Nc1sc2c(c1C(=O)Nc1ccc(Cl)cc1)CCS2.Nc1sc2c(c1C(=O)Nc1ccc(Cl)cc1)CSC2. The number of amides is 2. The largest absolute Gasteiger partial charge is 0.390 e. The predicted molar refractivity (Wildman–Crippen MR) is 166 cm³/mol. The summed E-state index contributed by atoms with van der Waals surface area (Å²) < 4.78 is 1.18. The summed E-state index contributed by atoms with van der Waals surface area (Å²) in [7, 11) is 0. The van der Waals surface area contributed by atoms with Crippen LogP contribution in [0.1, 0.15) is 36.7 Å². The molecule has 0 spiro atoms. The van der Waals surface area contributed by atoms with Crippen LogP contribution in [0, 0.1) is 0 Å². The van der Waals surface area contributed by atoms with Crippen LogP contribution in [0.4, 0.5) is 21.4 Å². The molecule has 0 fully saturated rings. The lowest BCUT2D eigenvalue weighted by Crippen LogP contribution is -2.14. The highest BCUT2D eigenvalue weighted by Crippen LogP contribution is 2.44. The van der Waals surface area contributed by atoms with E-state index in [1.54, 1.807) is 60.3 Å². The number of benzene rings is 2. The molecular formula is C26H22Cl2N4O2S4. The zero-order valence-corrected chi connectivity index (χ0v) is 24.6. The summed E-state index contributed by atoms with van der Waals surface area (Å²) >= 11 is 18.2. The van der Waals surface area contributed by atoms with Gasteiger partial charge in [-0.3, -0.25) is 9.59 Å². The predicted octanol–water partition coefficient (Wildman–Crippen LogP) is 7.87. The van der Waals surface area contributed by atoms with E-state index in [9.17, 15) is 9.59 Å². The minimum Gasteiger partial charge on any atom is -0.390 e. The van der Waals surface area contributed by atoms with Crippen LogP contribution in [0.25, 0.3) is 0 Å². The Morgan fingerprint density at radius 2 is 1.26 bits per heavy atom. The lowest BCUT2D eigenvalue weighted by atomic mass is 10.1. The molecule has 6 nitrogen and oxygen atoms in total. The van der Waals surface area contributed by atoms with Gasteiger partial charge in [-0.25, -0.2) is 0 Å². The van der Waals surface area contributed by atoms with Crippen molar-refractivity contribution in [3.05, 3.63) is 85.7 Å². The maximum absolute atomic E-state index is 12.3. The van der Waals surface area contributed by atoms with E-state index in [-0.39, 0.29) is 11.8 Å². The van der Waals surface area contributed by atoms with Crippen LogP contribution in [-0.4, -0.2) is 17.6 Å². The summed E-state index contributed by atoms with van der Waals surface area (Å²) in [4.78, 5) is 25.9. The first kappa shape index (κ1) is 27.2. The molecule has 0 atom stereocenters. The summed E-state index contributed by atoms with van der Waals surface area (Å²) in [5, 5.41) is 8.22. The van der Waals surface area contributed by atoms with Crippen molar-refractivity contribution in [1.82, 2.24) is 0 Å². The fraction of sp³-hybridized carbons (Fsp3) is 0.154. The zero-order valence-electron chi connectivity index (χ0n) is 19.8. The van der Waals surface area contributed by atoms with Gasteiger partial charge in [0.1, 0.15) is 5.00 Å². The van der Waals surface area contributed by atoms with Crippen molar-refractivity contribution in [1.29, 1.82) is 0 Å². The number of anilines is 4. The molecule has 0 bridgehead atoms. The molecule has 2 aromatic heterocycles. The molecule has 2 aliphatic heterocycles. The normalized spacial score (nSPS) is 13.3. The Labute approximate surface area is 246 Å². The fourth-order valence-electron chi connectivity index (χ4n) is 4.05. The second kappa shape index (κ2) is 11.8. The quantitative estimate of drug-likeness (QED) is 0.185. The maximum Gasteiger partial charge on any atom is 0.258 e. The Bertz CT molecular complexity index is 1390. The lowest BCUT2D eigenvalue weighted by molar-refractivity contribution is 0.101. The third kappa shape index (κ3) is 5.95. The van der Waals surface area contributed by atoms with Gasteiger partial charge in [0.25, 0.3) is 11.8 Å². The average molecular weight is 622 g/mol. The zero-order chi connectivity index (χ0) is 26.8. The third-order valence-corrected chi connectivity index (χ3v) is 10.9. The van der Waals surface area contributed by atoms with E-state index in [2.05, 4.69) is 10.6 Å². The summed E-state index contributed by atoms with van der Waals surface area (Å²) in [6, 6.07) is 14.1. The van der Waals surface area contributed by atoms with Crippen molar-refractivity contribution in [3.63, 3.8) is 0 Å². The van der Waals surface area contributed by atoms with Crippen molar-refractivity contribution in [2.24, 2.45) is 0 Å². The van der Waals surface area contributed by atoms with Crippen molar-refractivity contribution in [3.8, 4) is 0 Å². The number of hydrogen-bond acceptors (Lipinski definition) is 8. The standard InChI is InChI=1S/2C13H11ClN2OS2/c14-7-1-3-8(4-2-7)16-13(17)11-9-5-18-6-10(9)19-12(11)15;14-7-1-3-8(4-2-7)16-12(17)10-9-5-6-18-13(9)19-11(10)15/h2*1-4H,5-6,15H2,(H,16,17). The van der Waals surface area contributed by atoms with Gasteiger partial charge in [-0.1, -0.05) is 23.2 Å². The number of carbonyl (C=O) groups is 2. The minimum atomic E-state index is -0.139. The fourth-order valence-corrected chi connectivity index (χ4v) is 9.22. The molecule has 12 heteroatoms. The van der Waals surface area contributed by atoms with E-state index in [0.29, 0.717) is 31.2 Å². The Morgan fingerprint density at radius 3 is 1.84 bits per heavy atom. The molecule has 38 heavy (non-hydrogen) atoms. The summed E-state index contributed by atoms with van der Waals surface area (Å²) in [6.07, 6.45) is 0.914. The van der Waals surface area contributed by atoms with E-state index in [1.165, 1.54) is 31.8 Å². The third-order valence-electron chi connectivity index (χ3n) is 5.84. The molecule has 0 unspecified atom stereocenters. The molecule has 2 amide bonds. The molecular weight excluding hydrogens is 599 g/mol. The van der Waals surface area contributed by atoms with E-state index >= 15 is 0 Å². The molecule has 4 heterocycles. The van der Waals surface area contributed by atoms with Crippen molar-refractivity contribution in [2.75, 3.05) is 27.9 Å². The number of halogens is 2. The summed E-state index contributed by atoms with van der Waals surface area (Å²) in [6.45, 7) is 0.